The number of nitrogens with one attached hydrogen (secondary N) is 1. The molecule has 1 amide bonds. The lowest BCUT2D eigenvalue weighted by atomic mass is 10.1. The van der Waals surface area contributed by atoms with Crippen LogP contribution in [0.25, 0.3) is 10.6 Å². The van der Waals surface area contributed by atoms with Crippen LogP contribution in [0.15, 0.2) is 12.4 Å². The SMILES string of the molecule is Cn1ncc(NC(=O)c2nc(-c3cn(F)nc3F)sc2N)c1N1CC[C@@H](N)CC(F)(F)C1. The molecule has 0 unspecified atom stereocenters. The standard InChI is InChI=1S/C17H19F4N9OS/c1-28-16(29-3-2-8(22)4-17(19,20)7-29)10(5-24-28)25-14(31)11-13(23)32-15(26-11)9-6-30(21)27-12(9)18/h5-6,8H,2-4,7,22-23H2,1H3,(H,25,31)/t8-/m1/s1. The summed E-state index contributed by atoms with van der Waals surface area (Å²) in [5, 5.41) is 9.49. The molecule has 15 heteroatoms. The monoisotopic (exact) mass is 473 g/mol. The minimum atomic E-state index is -3.01. The van der Waals surface area contributed by atoms with Crippen molar-refractivity contribution in [2.75, 3.05) is 29.0 Å². The summed E-state index contributed by atoms with van der Waals surface area (Å²) in [4.78, 5) is 18.0. The molecule has 1 aliphatic heterocycles. The second-order valence-corrected chi connectivity index (χ2v) is 8.47. The number of halogens is 4. The van der Waals surface area contributed by atoms with E-state index in [1.54, 1.807) is 7.05 Å². The van der Waals surface area contributed by atoms with Crippen LogP contribution in [-0.2, 0) is 7.05 Å². The Hall–Kier alpha value is -3.20. The van der Waals surface area contributed by atoms with Crippen LogP contribution < -0.4 is 21.7 Å². The van der Waals surface area contributed by atoms with Crippen LogP contribution in [0.1, 0.15) is 23.3 Å². The number of thiazole rings is 1. The number of nitrogen functional groups attached to an aromatic ring is 1. The number of aromatic nitrogens is 5. The first kappa shape index (κ1) is 22.0. The third kappa shape index (κ3) is 4.25. The van der Waals surface area contributed by atoms with E-state index < -0.39 is 36.8 Å². The summed E-state index contributed by atoms with van der Waals surface area (Å²) in [6.07, 6.45) is 1.97. The van der Waals surface area contributed by atoms with E-state index in [2.05, 4.69) is 20.5 Å². The quantitative estimate of drug-likeness (QED) is 0.494. The van der Waals surface area contributed by atoms with Crippen molar-refractivity contribution in [3.05, 3.63) is 24.0 Å². The number of nitrogens with zero attached hydrogens (tertiary/aromatic N) is 6. The summed E-state index contributed by atoms with van der Waals surface area (Å²) in [5.74, 6) is -4.61. The highest BCUT2D eigenvalue weighted by Crippen LogP contribution is 2.35. The molecule has 172 valence electrons. The number of nitrogens with two attached hydrogens (primary N) is 2. The summed E-state index contributed by atoms with van der Waals surface area (Å²) in [7, 11) is 1.56. The highest BCUT2D eigenvalue weighted by molar-refractivity contribution is 7.19. The predicted molar refractivity (Wildman–Crippen MR) is 110 cm³/mol. The summed E-state index contributed by atoms with van der Waals surface area (Å²) < 4.78 is 56.8. The van der Waals surface area contributed by atoms with Crippen molar-refractivity contribution in [3.63, 3.8) is 0 Å². The second-order valence-electron chi connectivity index (χ2n) is 7.44. The molecule has 0 aliphatic carbocycles. The minimum Gasteiger partial charge on any atom is -0.389 e. The molecular weight excluding hydrogens is 454 g/mol. The maximum Gasteiger partial charge on any atom is 0.277 e. The Kier molecular flexibility index (Phi) is 5.54. The lowest BCUT2D eigenvalue weighted by molar-refractivity contribution is -0.000527. The van der Waals surface area contributed by atoms with Gasteiger partial charge < -0.3 is 21.7 Å². The van der Waals surface area contributed by atoms with E-state index in [1.807, 2.05) is 0 Å². The molecule has 1 saturated heterocycles. The number of anilines is 3. The molecule has 5 N–H and O–H groups in total. The van der Waals surface area contributed by atoms with Crippen molar-refractivity contribution in [2.24, 2.45) is 12.8 Å². The molecule has 10 nitrogen and oxygen atoms in total. The van der Waals surface area contributed by atoms with Gasteiger partial charge in [-0.2, -0.15) is 9.49 Å². The summed E-state index contributed by atoms with van der Waals surface area (Å²) >= 11 is 0.776. The Morgan fingerprint density at radius 1 is 1.41 bits per heavy atom. The van der Waals surface area contributed by atoms with Crippen LogP contribution >= 0.6 is 11.3 Å². The molecule has 0 radical (unpaired) electrons. The predicted octanol–water partition coefficient (Wildman–Crippen LogP) is 2.01. The first-order valence-electron chi connectivity index (χ1n) is 9.44. The largest absolute Gasteiger partial charge is 0.389 e. The Balaban J connectivity index is 1.60. The van der Waals surface area contributed by atoms with Gasteiger partial charge in [-0.15, -0.1) is 5.10 Å². The summed E-state index contributed by atoms with van der Waals surface area (Å²) in [6.45, 7) is -0.340. The van der Waals surface area contributed by atoms with Gasteiger partial charge in [-0.05, 0) is 6.42 Å². The van der Waals surface area contributed by atoms with E-state index in [1.165, 1.54) is 15.8 Å². The fourth-order valence-electron chi connectivity index (χ4n) is 3.57. The van der Waals surface area contributed by atoms with Crippen molar-refractivity contribution >= 4 is 33.8 Å². The van der Waals surface area contributed by atoms with E-state index in [9.17, 15) is 22.4 Å². The Labute approximate surface area is 182 Å². The zero-order chi connectivity index (χ0) is 23.2. The van der Waals surface area contributed by atoms with Gasteiger partial charge in [-0.3, -0.25) is 9.48 Å². The lowest BCUT2D eigenvalue weighted by Crippen LogP contribution is -2.37. The Morgan fingerprint density at radius 2 is 2.16 bits per heavy atom. The maximum absolute atomic E-state index is 14.3. The summed E-state index contributed by atoms with van der Waals surface area (Å²) in [6, 6.07) is -0.649. The van der Waals surface area contributed by atoms with Crippen LogP contribution in [0.5, 0.6) is 0 Å². The molecule has 32 heavy (non-hydrogen) atoms. The Morgan fingerprint density at radius 3 is 2.84 bits per heavy atom. The molecular formula is C17H19F4N9OS. The van der Waals surface area contributed by atoms with E-state index >= 15 is 0 Å². The number of amides is 1. The average Bonchev–Trinajstić information content (AvgIpc) is 3.32. The molecule has 4 heterocycles. The van der Waals surface area contributed by atoms with Crippen LogP contribution in [0.4, 0.5) is 34.2 Å². The van der Waals surface area contributed by atoms with Gasteiger partial charge in [-0.1, -0.05) is 20.7 Å². The van der Waals surface area contributed by atoms with Gasteiger partial charge in [0.15, 0.2) is 11.5 Å². The molecule has 0 saturated carbocycles. The van der Waals surface area contributed by atoms with Crippen LogP contribution in [-0.4, -0.2) is 55.7 Å². The fourth-order valence-corrected chi connectivity index (χ4v) is 4.39. The normalized spacial score (nSPS) is 18.6. The first-order chi connectivity index (χ1) is 15.0. The third-order valence-corrected chi connectivity index (χ3v) is 5.87. The van der Waals surface area contributed by atoms with Crippen molar-refractivity contribution in [1.82, 2.24) is 24.8 Å². The van der Waals surface area contributed by atoms with Gasteiger partial charge >= 0.3 is 0 Å². The van der Waals surface area contributed by atoms with E-state index in [-0.39, 0.29) is 44.2 Å². The summed E-state index contributed by atoms with van der Waals surface area (Å²) in [5.41, 5.74) is 11.3. The molecule has 0 spiro atoms. The number of carbonyl (C=O) groups excluding carboxylic acids is 1. The van der Waals surface area contributed by atoms with Gasteiger partial charge in [0, 0.05) is 26.1 Å². The minimum absolute atomic E-state index is 0.0402. The zero-order valence-electron chi connectivity index (χ0n) is 16.7. The zero-order valence-corrected chi connectivity index (χ0v) is 17.5. The molecule has 3 aromatic heterocycles. The number of hydrogen-bond donors (Lipinski definition) is 3. The average molecular weight is 473 g/mol. The van der Waals surface area contributed by atoms with Crippen LogP contribution in [0.3, 0.4) is 0 Å². The first-order valence-corrected chi connectivity index (χ1v) is 10.3. The van der Waals surface area contributed by atoms with Gasteiger partial charge in [0.25, 0.3) is 11.8 Å². The lowest BCUT2D eigenvalue weighted by Gasteiger charge is -2.26. The van der Waals surface area contributed by atoms with Gasteiger partial charge in [0.2, 0.25) is 5.95 Å². The highest BCUT2D eigenvalue weighted by Gasteiger charge is 2.38. The maximum atomic E-state index is 14.3. The van der Waals surface area contributed by atoms with Gasteiger partial charge in [0.05, 0.1) is 24.5 Å². The number of carbonyl (C=O) groups is 1. The van der Waals surface area contributed by atoms with Gasteiger partial charge in [-0.25, -0.2) is 13.8 Å². The molecule has 1 aliphatic rings. The Bertz CT molecular complexity index is 1160. The van der Waals surface area contributed by atoms with E-state index in [0.29, 0.717) is 6.42 Å². The van der Waals surface area contributed by atoms with E-state index in [0.717, 1.165) is 17.5 Å². The number of alkyl halides is 2. The molecule has 0 aromatic carbocycles. The smallest absolute Gasteiger partial charge is 0.277 e. The number of hydrogen-bond acceptors (Lipinski definition) is 8. The second kappa shape index (κ2) is 8.05. The van der Waals surface area contributed by atoms with Crippen molar-refractivity contribution < 1.29 is 22.4 Å². The van der Waals surface area contributed by atoms with Crippen molar-refractivity contribution in [1.29, 1.82) is 0 Å². The van der Waals surface area contributed by atoms with Crippen LogP contribution in [0.2, 0.25) is 0 Å². The number of aryl methyl sites for hydroxylation is 1. The van der Waals surface area contributed by atoms with Gasteiger partial charge in [0.1, 0.15) is 15.7 Å². The molecule has 1 fully saturated rings. The fraction of sp³-hybridized carbons (Fsp3) is 0.412. The number of rotatable bonds is 4. The van der Waals surface area contributed by atoms with Crippen LogP contribution in [0, 0.1) is 5.95 Å². The molecule has 0 bridgehead atoms. The third-order valence-electron chi connectivity index (χ3n) is 4.95. The topological polar surface area (TPSA) is 133 Å². The highest BCUT2D eigenvalue weighted by atomic mass is 32.1. The molecule has 4 rings (SSSR count). The van der Waals surface area contributed by atoms with Crippen molar-refractivity contribution in [3.8, 4) is 10.6 Å². The van der Waals surface area contributed by atoms with Crippen molar-refractivity contribution in [2.45, 2.75) is 24.8 Å². The molecule has 1 atom stereocenters. The molecule has 3 aromatic rings. The van der Waals surface area contributed by atoms with E-state index in [4.69, 9.17) is 11.5 Å².